The van der Waals surface area contributed by atoms with Crippen molar-refractivity contribution in [1.82, 2.24) is 5.32 Å². The Morgan fingerprint density at radius 2 is 1.90 bits per heavy atom. The largest absolute Gasteiger partial charge is 0.309 e. The third-order valence-corrected chi connectivity index (χ3v) is 6.51. The minimum atomic E-state index is 0.238. The van der Waals surface area contributed by atoms with E-state index in [-0.39, 0.29) is 6.04 Å². The van der Waals surface area contributed by atoms with Gasteiger partial charge in [0.05, 0.1) is 13.6 Å². The Labute approximate surface area is 141 Å². The molecule has 1 nitrogen and oxygen atoms in total. The number of benzene rings is 1. The van der Waals surface area contributed by atoms with Gasteiger partial charge in [-0.3, -0.25) is 0 Å². The summed E-state index contributed by atoms with van der Waals surface area (Å²) in [6.07, 6.45) is 4.11. The van der Waals surface area contributed by atoms with E-state index >= 15 is 0 Å². The quantitative estimate of drug-likeness (QED) is 0.661. The van der Waals surface area contributed by atoms with Gasteiger partial charge in [-0.15, -0.1) is 11.3 Å². The SMILES string of the molecule is CNC(c1ccc(C2CCC2)cc1)c1cc(Br)sc1Br. The molecular formula is C16H17Br2NS. The van der Waals surface area contributed by atoms with Crippen molar-refractivity contribution < 1.29 is 0 Å². The van der Waals surface area contributed by atoms with Gasteiger partial charge in [0, 0.05) is 0 Å². The van der Waals surface area contributed by atoms with Gasteiger partial charge < -0.3 is 5.32 Å². The second kappa shape index (κ2) is 6.30. The Morgan fingerprint density at radius 1 is 1.20 bits per heavy atom. The summed E-state index contributed by atoms with van der Waals surface area (Å²) < 4.78 is 2.34. The maximum absolute atomic E-state index is 3.66. The monoisotopic (exact) mass is 413 g/mol. The van der Waals surface area contributed by atoms with Gasteiger partial charge >= 0.3 is 0 Å². The van der Waals surface area contributed by atoms with Gasteiger partial charge in [-0.2, -0.15) is 0 Å². The average Bonchev–Trinajstić information content (AvgIpc) is 2.70. The summed E-state index contributed by atoms with van der Waals surface area (Å²) >= 11 is 8.95. The van der Waals surface area contributed by atoms with Gasteiger partial charge in [-0.1, -0.05) is 30.7 Å². The third kappa shape index (κ3) is 2.89. The van der Waals surface area contributed by atoms with Crippen molar-refractivity contribution in [3.8, 4) is 0 Å². The van der Waals surface area contributed by atoms with Crippen LogP contribution in [0.25, 0.3) is 0 Å². The highest BCUT2D eigenvalue weighted by Crippen LogP contribution is 2.39. The van der Waals surface area contributed by atoms with Crippen molar-refractivity contribution in [2.24, 2.45) is 0 Å². The zero-order valence-electron chi connectivity index (χ0n) is 11.3. The van der Waals surface area contributed by atoms with Gasteiger partial charge in [0.1, 0.15) is 0 Å². The molecule has 0 radical (unpaired) electrons. The molecule has 1 aromatic heterocycles. The van der Waals surface area contributed by atoms with E-state index in [0.29, 0.717) is 0 Å². The lowest BCUT2D eigenvalue weighted by Crippen LogP contribution is -2.17. The molecular weight excluding hydrogens is 398 g/mol. The van der Waals surface area contributed by atoms with E-state index in [1.165, 1.54) is 39.7 Å². The van der Waals surface area contributed by atoms with Crippen molar-refractivity contribution >= 4 is 43.2 Å². The second-order valence-electron chi connectivity index (χ2n) is 5.30. The van der Waals surface area contributed by atoms with Gasteiger partial charge in [0.25, 0.3) is 0 Å². The smallest absolute Gasteiger partial charge is 0.0761 e. The molecule has 1 unspecified atom stereocenters. The lowest BCUT2D eigenvalue weighted by atomic mass is 9.80. The van der Waals surface area contributed by atoms with Crippen LogP contribution < -0.4 is 5.32 Å². The van der Waals surface area contributed by atoms with Crippen molar-refractivity contribution in [1.29, 1.82) is 0 Å². The van der Waals surface area contributed by atoms with Crippen LogP contribution in [0.15, 0.2) is 37.9 Å². The molecule has 1 saturated carbocycles. The number of halogens is 2. The third-order valence-electron chi connectivity index (χ3n) is 4.13. The van der Waals surface area contributed by atoms with Crippen LogP contribution in [-0.4, -0.2) is 7.05 Å². The normalized spacial score (nSPS) is 16.9. The molecule has 0 aliphatic heterocycles. The molecule has 0 bridgehead atoms. The molecule has 3 rings (SSSR count). The fourth-order valence-corrected chi connectivity index (χ4v) is 5.66. The fourth-order valence-electron chi connectivity index (χ4n) is 2.75. The molecule has 1 aliphatic rings. The molecule has 0 spiro atoms. The van der Waals surface area contributed by atoms with Crippen molar-refractivity contribution in [3.63, 3.8) is 0 Å². The van der Waals surface area contributed by atoms with Crippen molar-refractivity contribution in [2.75, 3.05) is 7.05 Å². The molecule has 1 aromatic carbocycles. The maximum Gasteiger partial charge on any atom is 0.0761 e. The first-order valence-electron chi connectivity index (χ1n) is 6.91. The molecule has 20 heavy (non-hydrogen) atoms. The molecule has 1 atom stereocenters. The molecule has 1 heterocycles. The molecule has 1 N–H and O–H groups in total. The zero-order valence-corrected chi connectivity index (χ0v) is 15.3. The first kappa shape index (κ1) is 14.8. The van der Waals surface area contributed by atoms with Crippen LogP contribution in [0, 0.1) is 0 Å². The molecule has 4 heteroatoms. The summed E-state index contributed by atoms with van der Waals surface area (Å²) in [5.74, 6) is 0.805. The Morgan fingerprint density at radius 3 is 2.35 bits per heavy atom. The van der Waals surface area contributed by atoms with Crippen molar-refractivity contribution in [3.05, 3.63) is 54.6 Å². The summed E-state index contributed by atoms with van der Waals surface area (Å²) in [6.45, 7) is 0. The van der Waals surface area contributed by atoms with E-state index in [0.717, 1.165) is 9.70 Å². The van der Waals surface area contributed by atoms with E-state index in [9.17, 15) is 0 Å². The number of thiophene rings is 1. The number of nitrogens with one attached hydrogen (secondary N) is 1. The highest BCUT2D eigenvalue weighted by atomic mass is 79.9. The van der Waals surface area contributed by atoms with Crippen LogP contribution in [-0.2, 0) is 0 Å². The minimum Gasteiger partial charge on any atom is -0.309 e. The molecule has 2 aromatic rings. The Hall–Kier alpha value is -0.160. The summed E-state index contributed by atoms with van der Waals surface area (Å²) in [5, 5.41) is 3.42. The molecule has 106 valence electrons. The minimum absolute atomic E-state index is 0.238. The molecule has 0 amide bonds. The maximum atomic E-state index is 3.66. The van der Waals surface area contributed by atoms with E-state index < -0.39 is 0 Å². The van der Waals surface area contributed by atoms with Crippen LogP contribution in [0.1, 0.15) is 47.9 Å². The second-order valence-corrected chi connectivity index (χ2v) is 9.05. The van der Waals surface area contributed by atoms with E-state index in [1.807, 2.05) is 7.05 Å². The highest BCUT2D eigenvalue weighted by Gasteiger charge is 2.21. The summed E-state index contributed by atoms with van der Waals surface area (Å²) in [5.41, 5.74) is 4.11. The predicted molar refractivity (Wildman–Crippen MR) is 93.7 cm³/mol. The first-order chi connectivity index (χ1) is 9.69. The topological polar surface area (TPSA) is 12.0 Å². The number of hydrogen-bond donors (Lipinski definition) is 1. The van der Waals surface area contributed by atoms with E-state index in [4.69, 9.17) is 0 Å². The predicted octanol–water partition coefficient (Wildman–Crippen LogP) is 5.85. The van der Waals surface area contributed by atoms with Gasteiger partial charge in [0.15, 0.2) is 0 Å². The van der Waals surface area contributed by atoms with E-state index in [1.54, 1.807) is 11.3 Å². The lowest BCUT2D eigenvalue weighted by Gasteiger charge is -2.26. The molecule has 1 aliphatic carbocycles. The van der Waals surface area contributed by atoms with Crippen LogP contribution in [0.4, 0.5) is 0 Å². The zero-order chi connectivity index (χ0) is 14.1. The number of rotatable bonds is 4. The van der Waals surface area contributed by atoms with Crippen LogP contribution in [0.2, 0.25) is 0 Å². The van der Waals surface area contributed by atoms with Gasteiger partial charge in [-0.05, 0) is 80.4 Å². The summed E-state index contributed by atoms with van der Waals surface area (Å²) in [7, 11) is 2.02. The Balaban J connectivity index is 1.87. The first-order valence-corrected chi connectivity index (χ1v) is 9.31. The van der Waals surface area contributed by atoms with Crippen molar-refractivity contribution in [2.45, 2.75) is 31.2 Å². The van der Waals surface area contributed by atoms with Crippen LogP contribution in [0.5, 0.6) is 0 Å². The van der Waals surface area contributed by atoms with E-state index in [2.05, 4.69) is 67.5 Å². The van der Waals surface area contributed by atoms with Crippen LogP contribution >= 0.6 is 43.2 Å². The standard InChI is InChI=1S/C16H17Br2NS/c1-19-15(13-9-14(17)20-16(13)18)12-7-5-11(6-8-12)10-3-2-4-10/h5-10,15,19H,2-4H2,1H3. The average molecular weight is 415 g/mol. The Kier molecular flexibility index (Phi) is 4.65. The lowest BCUT2D eigenvalue weighted by molar-refractivity contribution is 0.419. The summed E-state index contributed by atoms with van der Waals surface area (Å²) in [4.78, 5) is 0. The highest BCUT2D eigenvalue weighted by molar-refractivity contribution is 9.12. The number of hydrogen-bond acceptors (Lipinski definition) is 2. The molecule has 1 fully saturated rings. The van der Waals surface area contributed by atoms with Gasteiger partial charge in [-0.25, -0.2) is 0 Å². The Bertz CT molecular complexity index is 587. The van der Waals surface area contributed by atoms with Crippen LogP contribution in [0.3, 0.4) is 0 Å². The summed E-state index contributed by atoms with van der Waals surface area (Å²) in [6, 6.07) is 11.6. The van der Waals surface area contributed by atoms with Gasteiger partial charge in [0.2, 0.25) is 0 Å². The fraction of sp³-hybridized carbons (Fsp3) is 0.375. The molecule has 0 saturated heterocycles.